The van der Waals surface area contributed by atoms with Gasteiger partial charge in [0.05, 0.1) is 5.76 Å². The fraction of sp³-hybridized carbons (Fsp3) is 0.0769. The molecule has 32 heavy (non-hydrogen) atoms. The fourth-order valence-corrected chi connectivity index (χ4v) is 7.63. The first-order valence-corrected chi connectivity index (χ1v) is 12.4. The predicted octanol–water partition coefficient (Wildman–Crippen LogP) is 6.80. The molecule has 0 fully saturated rings. The van der Waals surface area contributed by atoms with Gasteiger partial charge in [0.1, 0.15) is 0 Å². The fourth-order valence-electron chi connectivity index (χ4n) is 3.87. The first-order chi connectivity index (χ1) is 15.0. The second-order valence-corrected chi connectivity index (χ2v) is 10.7. The number of ketones is 1. The molecule has 0 saturated heterocycles. The van der Waals surface area contributed by atoms with E-state index in [-0.39, 0.29) is 31.6 Å². The first kappa shape index (κ1) is 22.8. The van der Waals surface area contributed by atoms with Crippen LogP contribution in [0.4, 0.5) is 0 Å². The molecule has 0 atom stereocenters. The number of hydrogen-bond donors (Lipinski definition) is 1. The second-order valence-electron chi connectivity index (χ2n) is 7.34. The molecule has 0 spiro atoms. The van der Waals surface area contributed by atoms with Crippen molar-refractivity contribution < 1.29 is 30.0 Å². The predicted molar refractivity (Wildman–Crippen MR) is 132 cm³/mol. The van der Waals surface area contributed by atoms with Crippen LogP contribution in [0.5, 0.6) is 0 Å². The van der Waals surface area contributed by atoms with Crippen LogP contribution in [0.25, 0.3) is 50.4 Å². The molecule has 0 amide bonds. The molecule has 6 rings (SSSR count). The zero-order valence-electron chi connectivity index (χ0n) is 17.3. The Morgan fingerprint density at radius 2 is 1.84 bits per heavy atom. The summed E-state index contributed by atoms with van der Waals surface area (Å²) >= 11 is 2.25. The third kappa shape index (κ3) is 4.05. The Morgan fingerprint density at radius 1 is 1.06 bits per heavy atom. The molecular weight excluding hydrogens is 662 g/mol. The van der Waals surface area contributed by atoms with E-state index in [0.717, 1.165) is 5.52 Å². The van der Waals surface area contributed by atoms with E-state index in [2.05, 4.69) is 60.7 Å². The van der Waals surface area contributed by atoms with Gasteiger partial charge < -0.3 is 5.11 Å². The van der Waals surface area contributed by atoms with E-state index in [1.54, 1.807) is 0 Å². The number of allylic oxidation sites excluding steroid dienone is 2. The summed E-state index contributed by atoms with van der Waals surface area (Å²) in [6.45, 7) is 2.85. The van der Waals surface area contributed by atoms with Crippen LogP contribution in [0.2, 0.25) is 0 Å². The molecule has 3 aromatic carbocycles. The van der Waals surface area contributed by atoms with E-state index in [4.69, 9.17) is 10.1 Å². The molecule has 1 N–H and O–H groups in total. The van der Waals surface area contributed by atoms with Crippen molar-refractivity contribution in [1.29, 1.82) is 0 Å². The molecule has 3 heterocycles. The van der Waals surface area contributed by atoms with E-state index in [0.29, 0.717) is 14.5 Å². The van der Waals surface area contributed by atoms with Crippen LogP contribution >= 0.6 is 11.3 Å². The Kier molecular flexibility index (Phi) is 6.62. The normalized spacial score (nSPS) is 11.6. The molecule has 0 aliphatic heterocycles. The molecule has 0 bridgehead atoms. The molecule has 1 radical (unpaired) electrons. The van der Waals surface area contributed by atoms with Crippen molar-refractivity contribution in [3.05, 3.63) is 78.7 Å². The van der Waals surface area contributed by atoms with E-state index in [1.165, 1.54) is 64.8 Å². The number of rotatable bonds is 1. The summed E-state index contributed by atoms with van der Waals surface area (Å²) < 4.78 is 5.56. The summed E-state index contributed by atoms with van der Waals surface area (Å²) in [4.78, 5) is 14.9. The summed E-state index contributed by atoms with van der Waals surface area (Å²) in [5, 5.41) is 14.8. The average Bonchev–Trinajstić information content (AvgIpc) is 3.05. The number of nitrogens with zero attached hydrogens (tertiary/aromatic N) is 1. The van der Waals surface area contributed by atoms with Crippen LogP contribution in [0.3, 0.4) is 0 Å². The number of aromatic nitrogens is 1. The van der Waals surface area contributed by atoms with Crippen molar-refractivity contribution in [3.8, 4) is 0 Å². The summed E-state index contributed by atoms with van der Waals surface area (Å²) in [5.41, 5.74) is 1.08. The summed E-state index contributed by atoms with van der Waals surface area (Å²) in [6, 6.07) is 23.1. The van der Waals surface area contributed by atoms with Gasteiger partial charge in [-0.1, -0.05) is 0 Å². The number of carbonyl (C=O) groups excluding carboxylic acids is 1. The number of fused-ring (bicyclic) bond motifs is 4. The van der Waals surface area contributed by atoms with Crippen molar-refractivity contribution in [2.45, 2.75) is 13.8 Å². The number of pyridine rings is 1. The van der Waals surface area contributed by atoms with E-state index < -0.39 is 0 Å². The van der Waals surface area contributed by atoms with Gasteiger partial charge >= 0.3 is 148 Å². The van der Waals surface area contributed by atoms with Crippen LogP contribution in [0.1, 0.15) is 13.8 Å². The zero-order chi connectivity index (χ0) is 21.5. The monoisotopic (exact) mass is 681 g/mol. The van der Waals surface area contributed by atoms with E-state index in [1.807, 2.05) is 17.5 Å². The number of carbonyl (C=O) groups is 1. The summed E-state index contributed by atoms with van der Waals surface area (Å²) in [7, 11) is 0. The minimum atomic E-state index is -0.125. The van der Waals surface area contributed by atoms with Gasteiger partial charge in [0, 0.05) is 26.2 Å². The van der Waals surface area contributed by atoms with Gasteiger partial charge in [-0.3, -0.25) is 4.79 Å². The van der Waals surface area contributed by atoms with Gasteiger partial charge in [0.25, 0.3) is 0 Å². The second kappa shape index (κ2) is 9.27. The molecule has 0 aliphatic carbocycles. The third-order valence-corrected chi connectivity index (χ3v) is 8.56. The Hall–Kier alpha value is -2.33. The standard InChI is InChI=1S/C21H10NSSe.C5H8O2.Ir/c1-2-6-13-12(5-1)11-22-20-14-7-3-9-16-18(14)19-15(23-21(13)20)8-4-10-17(19)24-16;1-4(6)3-5(2)7;/h1-6,8-11H;3,6H,1-2H3;/q-1;;/b;4-3-;. The Bertz CT molecular complexity index is 1640. The van der Waals surface area contributed by atoms with Gasteiger partial charge in [-0.2, -0.15) is 0 Å². The van der Waals surface area contributed by atoms with Crippen LogP contribution in [-0.2, 0) is 24.9 Å². The van der Waals surface area contributed by atoms with Crippen molar-refractivity contribution in [3.63, 3.8) is 0 Å². The van der Waals surface area contributed by atoms with Crippen molar-refractivity contribution >= 4 is 82.0 Å². The first-order valence-electron chi connectivity index (χ1n) is 9.82. The maximum atomic E-state index is 10.0. The Labute approximate surface area is 208 Å². The SMILES string of the molecule is CC(=O)/C=C(/C)O.[Ir].[c-]1ccc2[se]c3cccc4sc5c6ccccc6cnc5c1c2c43. The molecule has 0 aliphatic rings. The number of aliphatic hydroxyl groups excluding tert-OH is 1. The average molecular weight is 680 g/mol. The van der Waals surface area contributed by atoms with Crippen LogP contribution in [0.15, 0.2) is 72.6 Å². The van der Waals surface area contributed by atoms with Gasteiger partial charge in [-0.25, -0.2) is 0 Å². The van der Waals surface area contributed by atoms with Crippen molar-refractivity contribution in [1.82, 2.24) is 4.98 Å². The van der Waals surface area contributed by atoms with Crippen molar-refractivity contribution in [2.75, 3.05) is 0 Å². The maximum absolute atomic E-state index is 10.0. The topological polar surface area (TPSA) is 50.2 Å². The minimum absolute atomic E-state index is 0. The summed E-state index contributed by atoms with van der Waals surface area (Å²) in [5.74, 6) is -0.0625. The number of benzene rings is 3. The van der Waals surface area contributed by atoms with Gasteiger partial charge in [-0.05, 0) is 13.8 Å². The van der Waals surface area contributed by atoms with Gasteiger partial charge in [-0.15, -0.1) is 0 Å². The molecule has 3 nitrogen and oxygen atoms in total. The van der Waals surface area contributed by atoms with Crippen molar-refractivity contribution in [2.24, 2.45) is 0 Å². The number of aliphatic hydroxyl groups is 1. The summed E-state index contributed by atoms with van der Waals surface area (Å²) in [6.07, 6.45) is 3.17. The molecule has 3 aromatic heterocycles. The van der Waals surface area contributed by atoms with Crippen LogP contribution in [0, 0.1) is 6.07 Å². The number of hydrogen-bond acceptors (Lipinski definition) is 4. The molecular formula is C26H18IrNO2SSe-. The third-order valence-electron chi connectivity index (χ3n) is 5.03. The van der Waals surface area contributed by atoms with E-state index >= 15 is 0 Å². The Balaban J connectivity index is 0.000000271. The van der Waals surface area contributed by atoms with Crippen LogP contribution in [-0.4, -0.2) is 30.4 Å². The Morgan fingerprint density at radius 3 is 2.59 bits per heavy atom. The zero-order valence-corrected chi connectivity index (χ0v) is 22.2. The quantitative estimate of drug-likeness (QED) is 0.0901. The molecule has 6 aromatic rings. The van der Waals surface area contributed by atoms with E-state index in [9.17, 15) is 4.79 Å². The van der Waals surface area contributed by atoms with Gasteiger partial charge in [0.2, 0.25) is 0 Å². The van der Waals surface area contributed by atoms with Gasteiger partial charge in [0.15, 0.2) is 5.78 Å². The molecule has 0 saturated carbocycles. The molecule has 161 valence electrons. The van der Waals surface area contributed by atoms with Crippen LogP contribution < -0.4 is 0 Å². The molecule has 6 heteroatoms. The molecule has 0 unspecified atom stereocenters.